The summed E-state index contributed by atoms with van der Waals surface area (Å²) in [6, 6.07) is 7.27. The number of nitrogens with zero attached hydrogens (tertiary/aromatic N) is 2. The zero-order chi connectivity index (χ0) is 17.9. The van der Waals surface area contributed by atoms with Gasteiger partial charge >= 0.3 is 0 Å². The fourth-order valence-corrected chi connectivity index (χ4v) is 4.80. The van der Waals surface area contributed by atoms with Gasteiger partial charge in [-0.15, -0.1) is 12.4 Å². The quantitative estimate of drug-likeness (QED) is 0.754. The van der Waals surface area contributed by atoms with Crippen molar-refractivity contribution in [2.24, 2.45) is 5.73 Å². The van der Waals surface area contributed by atoms with Gasteiger partial charge in [-0.25, -0.2) is 8.42 Å². The Balaban J connectivity index is 0.00000243. The molecule has 1 saturated heterocycles. The minimum absolute atomic E-state index is 0. The molecule has 0 radical (unpaired) electrons. The number of para-hydroxylation sites is 1. The molecule has 3 rings (SSSR count). The second kappa shape index (κ2) is 9.10. The standard InChI is InChI=1S/C18H25N3O3S.ClH/c1-14-12-15-4-2-5-17(18(15)20-13-14)25(22,23)21-9-6-16(7-10-21)24-11-3-8-19;/h2,4-5,12-13,16H,3,6-11,19H2,1H3;1H. The van der Waals surface area contributed by atoms with E-state index in [0.717, 1.165) is 17.4 Å². The van der Waals surface area contributed by atoms with Gasteiger partial charge in [0, 0.05) is 31.3 Å². The molecule has 0 spiro atoms. The zero-order valence-corrected chi connectivity index (χ0v) is 16.6. The maximum Gasteiger partial charge on any atom is 0.245 e. The first-order valence-electron chi connectivity index (χ1n) is 8.69. The van der Waals surface area contributed by atoms with Crippen LogP contribution in [0.1, 0.15) is 24.8 Å². The highest BCUT2D eigenvalue weighted by molar-refractivity contribution is 7.89. The Morgan fingerprint density at radius 1 is 1.31 bits per heavy atom. The fourth-order valence-electron chi connectivity index (χ4n) is 3.16. The number of halogens is 1. The number of benzene rings is 1. The van der Waals surface area contributed by atoms with E-state index in [9.17, 15) is 8.42 Å². The predicted molar refractivity (Wildman–Crippen MR) is 105 cm³/mol. The summed E-state index contributed by atoms with van der Waals surface area (Å²) in [7, 11) is -3.55. The number of piperidine rings is 1. The summed E-state index contributed by atoms with van der Waals surface area (Å²) in [4.78, 5) is 4.65. The van der Waals surface area contributed by atoms with Gasteiger partial charge in [-0.05, 0) is 50.4 Å². The normalized spacial score (nSPS) is 16.5. The summed E-state index contributed by atoms with van der Waals surface area (Å²) >= 11 is 0. The minimum Gasteiger partial charge on any atom is -0.378 e. The summed E-state index contributed by atoms with van der Waals surface area (Å²) in [5.74, 6) is 0. The Hall–Kier alpha value is -1.25. The number of ether oxygens (including phenoxy) is 1. The summed E-state index contributed by atoms with van der Waals surface area (Å²) in [6.07, 6.45) is 4.08. The minimum atomic E-state index is -3.55. The Kier molecular flexibility index (Phi) is 7.37. The molecule has 0 bridgehead atoms. The Morgan fingerprint density at radius 2 is 2.04 bits per heavy atom. The predicted octanol–water partition coefficient (Wildman–Crippen LogP) is 2.48. The molecule has 0 aliphatic carbocycles. The highest BCUT2D eigenvalue weighted by Gasteiger charge is 2.31. The molecule has 26 heavy (non-hydrogen) atoms. The molecule has 2 N–H and O–H groups in total. The Morgan fingerprint density at radius 3 is 2.73 bits per heavy atom. The number of aryl methyl sites for hydroxylation is 1. The second-order valence-electron chi connectivity index (χ2n) is 6.46. The molecule has 8 heteroatoms. The molecule has 144 valence electrons. The van der Waals surface area contributed by atoms with E-state index in [1.807, 2.05) is 19.1 Å². The summed E-state index contributed by atoms with van der Waals surface area (Å²) in [6.45, 7) is 4.14. The van der Waals surface area contributed by atoms with E-state index in [1.54, 1.807) is 22.6 Å². The van der Waals surface area contributed by atoms with Crippen LogP contribution in [0.2, 0.25) is 0 Å². The number of sulfonamides is 1. The largest absolute Gasteiger partial charge is 0.378 e. The van der Waals surface area contributed by atoms with E-state index < -0.39 is 10.0 Å². The van der Waals surface area contributed by atoms with Crippen molar-refractivity contribution in [3.8, 4) is 0 Å². The van der Waals surface area contributed by atoms with E-state index in [-0.39, 0.29) is 23.4 Å². The van der Waals surface area contributed by atoms with Gasteiger partial charge in [0.05, 0.1) is 11.6 Å². The van der Waals surface area contributed by atoms with E-state index in [0.29, 0.717) is 44.6 Å². The van der Waals surface area contributed by atoms with Crippen molar-refractivity contribution in [1.29, 1.82) is 0 Å². The molecule has 2 aromatic rings. The Bertz CT molecular complexity index is 837. The van der Waals surface area contributed by atoms with Gasteiger partial charge in [0.25, 0.3) is 0 Å². The molecule has 1 fully saturated rings. The first-order chi connectivity index (χ1) is 12.0. The lowest BCUT2D eigenvalue weighted by Gasteiger charge is -2.31. The molecule has 1 aromatic heterocycles. The van der Waals surface area contributed by atoms with Gasteiger partial charge in [0.2, 0.25) is 10.0 Å². The van der Waals surface area contributed by atoms with Gasteiger partial charge in [-0.3, -0.25) is 4.98 Å². The molecule has 0 atom stereocenters. The van der Waals surface area contributed by atoms with E-state index in [4.69, 9.17) is 10.5 Å². The van der Waals surface area contributed by atoms with E-state index >= 15 is 0 Å². The van der Waals surface area contributed by atoms with Crippen molar-refractivity contribution in [2.75, 3.05) is 26.2 Å². The molecular weight excluding hydrogens is 374 g/mol. The zero-order valence-electron chi connectivity index (χ0n) is 14.9. The molecule has 2 heterocycles. The highest BCUT2D eigenvalue weighted by Crippen LogP contribution is 2.27. The summed E-state index contributed by atoms with van der Waals surface area (Å²) < 4.78 is 33.5. The molecule has 0 unspecified atom stereocenters. The van der Waals surface area contributed by atoms with Crippen LogP contribution in [0.4, 0.5) is 0 Å². The number of aromatic nitrogens is 1. The number of rotatable bonds is 6. The monoisotopic (exact) mass is 399 g/mol. The van der Waals surface area contributed by atoms with Gasteiger partial charge in [0.1, 0.15) is 4.90 Å². The number of fused-ring (bicyclic) bond motifs is 1. The lowest BCUT2D eigenvalue weighted by Crippen LogP contribution is -2.41. The smallest absolute Gasteiger partial charge is 0.245 e. The number of hydrogen-bond acceptors (Lipinski definition) is 5. The van der Waals surface area contributed by atoms with Crippen molar-refractivity contribution in [1.82, 2.24) is 9.29 Å². The fraction of sp³-hybridized carbons (Fsp3) is 0.500. The lowest BCUT2D eigenvalue weighted by molar-refractivity contribution is 0.0209. The summed E-state index contributed by atoms with van der Waals surface area (Å²) in [5, 5.41) is 0.848. The molecule has 0 saturated carbocycles. The lowest BCUT2D eigenvalue weighted by atomic mass is 10.1. The van der Waals surface area contributed by atoms with Crippen LogP contribution in [0.15, 0.2) is 35.4 Å². The molecular formula is C18H26ClN3O3S. The highest BCUT2D eigenvalue weighted by atomic mass is 35.5. The van der Waals surface area contributed by atoms with Crippen molar-refractivity contribution in [2.45, 2.75) is 37.2 Å². The second-order valence-corrected chi connectivity index (χ2v) is 8.36. The first kappa shape index (κ1) is 21.1. The topological polar surface area (TPSA) is 85.5 Å². The van der Waals surface area contributed by atoms with Gasteiger partial charge in [-0.1, -0.05) is 12.1 Å². The maximum atomic E-state index is 13.1. The molecule has 1 aliphatic heterocycles. The third kappa shape index (κ3) is 4.53. The molecule has 0 amide bonds. The maximum absolute atomic E-state index is 13.1. The average Bonchev–Trinajstić information content (AvgIpc) is 2.61. The van der Waals surface area contributed by atoms with Crippen LogP contribution in [-0.4, -0.2) is 50.1 Å². The Labute approximate surface area is 161 Å². The average molecular weight is 400 g/mol. The van der Waals surface area contributed by atoms with Crippen LogP contribution in [0, 0.1) is 6.92 Å². The van der Waals surface area contributed by atoms with Gasteiger partial charge < -0.3 is 10.5 Å². The molecule has 1 aliphatic rings. The number of pyridine rings is 1. The van der Waals surface area contributed by atoms with Crippen LogP contribution in [0.5, 0.6) is 0 Å². The van der Waals surface area contributed by atoms with Crippen molar-refractivity contribution in [3.05, 3.63) is 36.0 Å². The molecule has 6 nitrogen and oxygen atoms in total. The van der Waals surface area contributed by atoms with Crippen LogP contribution < -0.4 is 5.73 Å². The number of nitrogens with two attached hydrogens (primary N) is 1. The van der Waals surface area contributed by atoms with Crippen LogP contribution in [0.3, 0.4) is 0 Å². The third-order valence-electron chi connectivity index (χ3n) is 4.53. The van der Waals surface area contributed by atoms with E-state index in [1.165, 1.54) is 0 Å². The van der Waals surface area contributed by atoms with Crippen LogP contribution in [0.25, 0.3) is 10.9 Å². The van der Waals surface area contributed by atoms with Crippen LogP contribution >= 0.6 is 12.4 Å². The van der Waals surface area contributed by atoms with E-state index in [2.05, 4.69) is 4.98 Å². The molecule has 1 aromatic carbocycles. The summed E-state index contributed by atoms with van der Waals surface area (Å²) in [5.41, 5.74) is 7.02. The van der Waals surface area contributed by atoms with Crippen molar-refractivity contribution < 1.29 is 13.2 Å². The van der Waals surface area contributed by atoms with Crippen molar-refractivity contribution >= 4 is 33.3 Å². The SMILES string of the molecule is Cc1cnc2c(S(=O)(=O)N3CCC(OCCCN)CC3)cccc2c1.Cl. The van der Waals surface area contributed by atoms with Crippen LogP contribution in [-0.2, 0) is 14.8 Å². The number of hydrogen-bond donors (Lipinski definition) is 1. The van der Waals surface area contributed by atoms with Gasteiger partial charge in [-0.2, -0.15) is 4.31 Å². The first-order valence-corrected chi connectivity index (χ1v) is 10.1. The van der Waals surface area contributed by atoms with Gasteiger partial charge in [0.15, 0.2) is 0 Å². The third-order valence-corrected chi connectivity index (χ3v) is 6.46. The van der Waals surface area contributed by atoms with Crippen molar-refractivity contribution in [3.63, 3.8) is 0 Å².